The highest BCUT2D eigenvalue weighted by Crippen LogP contribution is 2.16. The van der Waals surface area contributed by atoms with Gasteiger partial charge in [0, 0.05) is 16.4 Å². The molecular weight excluding hydrogens is 244 g/mol. The molecule has 0 spiro atoms. The minimum Gasteiger partial charge on any atom is -0.351 e. The summed E-state index contributed by atoms with van der Waals surface area (Å²) >= 11 is 1.60. The Morgan fingerprint density at radius 1 is 1.50 bits per heavy atom. The second-order valence-corrected chi connectivity index (χ2v) is 5.51. The van der Waals surface area contributed by atoms with E-state index in [9.17, 15) is 4.79 Å². The van der Waals surface area contributed by atoms with Gasteiger partial charge in [0.05, 0.1) is 13.1 Å². The third-order valence-electron chi connectivity index (χ3n) is 2.91. The van der Waals surface area contributed by atoms with Crippen molar-refractivity contribution in [2.75, 3.05) is 6.54 Å². The van der Waals surface area contributed by atoms with Gasteiger partial charge in [-0.25, -0.2) is 0 Å². The highest BCUT2D eigenvalue weighted by atomic mass is 32.1. The van der Waals surface area contributed by atoms with Gasteiger partial charge >= 0.3 is 0 Å². The molecule has 1 unspecified atom stereocenters. The van der Waals surface area contributed by atoms with Gasteiger partial charge in [0.2, 0.25) is 5.91 Å². The normalized spacial score (nSPS) is 11.8. The van der Waals surface area contributed by atoms with Crippen LogP contribution in [0, 0.1) is 23.7 Å². The number of amides is 1. The fraction of sp³-hybridized carbons (Fsp3) is 0.500. The van der Waals surface area contributed by atoms with E-state index in [1.54, 1.807) is 11.3 Å². The topological polar surface area (TPSA) is 55.1 Å². The Bertz CT molecular complexity index is 454. The minimum absolute atomic E-state index is 0.0311. The molecule has 1 rings (SSSR count). The van der Waals surface area contributed by atoms with Crippen LogP contribution in [-0.4, -0.2) is 12.5 Å². The van der Waals surface area contributed by atoms with E-state index in [1.165, 1.54) is 0 Å². The number of rotatable bonds is 4. The quantitative estimate of drug-likeness (QED) is 0.817. The third kappa shape index (κ3) is 4.17. The molecule has 0 fully saturated rings. The summed E-state index contributed by atoms with van der Waals surface area (Å²) in [5, 5.41) is 4.94. The number of thiophene rings is 1. The molecule has 1 aromatic rings. The first-order valence-electron chi connectivity index (χ1n) is 6.09. The molecule has 0 saturated carbocycles. The summed E-state index contributed by atoms with van der Waals surface area (Å²) in [7, 11) is 0. The highest BCUT2D eigenvalue weighted by molar-refractivity contribution is 7.10. The zero-order valence-corrected chi connectivity index (χ0v) is 11.9. The van der Waals surface area contributed by atoms with Crippen molar-refractivity contribution in [3.63, 3.8) is 0 Å². The van der Waals surface area contributed by atoms with Crippen LogP contribution >= 0.6 is 11.3 Å². The lowest BCUT2D eigenvalue weighted by molar-refractivity contribution is -0.125. The molecule has 1 atom stereocenters. The molecule has 0 saturated heterocycles. The number of nitrogens with one attached hydrogen (secondary N) is 1. The van der Waals surface area contributed by atoms with E-state index in [0.717, 1.165) is 10.4 Å². The number of nitrogens with two attached hydrogens (primary N) is 1. The van der Waals surface area contributed by atoms with Gasteiger partial charge in [-0.3, -0.25) is 4.79 Å². The molecule has 0 aromatic carbocycles. The van der Waals surface area contributed by atoms with E-state index in [4.69, 9.17) is 5.73 Å². The highest BCUT2D eigenvalue weighted by Gasteiger charge is 2.16. The van der Waals surface area contributed by atoms with E-state index in [0.29, 0.717) is 19.0 Å². The van der Waals surface area contributed by atoms with Crippen molar-refractivity contribution >= 4 is 17.2 Å². The maximum atomic E-state index is 11.8. The number of carbonyl (C=O) groups is 1. The summed E-state index contributed by atoms with van der Waals surface area (Å²) in [5.41, 5.74) is 6.31. The van der Waals surface area contributed by atoms with E-state index >= 15 is 0 Å². The predicted molar refractivity (Wildman–Crippen MR) is 76.1 cm³/mol. The fourth-order valence-electron chi connectivity index (χ4n) is 1.37. The zero-order valence-electron chi connectivity index (χ0n) is 11.1. The first kappa shape index (κ1) is 14.7. The molecule has 0 bridgehead atoms. The second-order valence-electron chi connectivity index (χ2n) is 4.51. The molecule has 0 radical (unpaired) electrons. The summed E-state index contributed by atoms with van der Waals surface area (Å²) in [6.07, 6.45) is 0. The summed E-state index contributed by atoms with van der Waals surface area (Å²) in [6.45, 7) is 6.94. The van der Waals surface area contributed by atoms with Crippen LogP contribution in [0.5, 0.6) is 0 Å². The van der Waals surface area contributed by atoms with Crippen molar-refractivity contribution in [1.82, 2.24) is 5.32 Å². The lowest BCUT2D eigenvalue weighted by Gasteiger charge is -2.14. The van der Waals surface area contributed by atoms with Gasteiger partial charge in [0.15, 0.2) is 0 Å². The van der Waals surface area contributed by atoms with Crippen LogP contribution in [0.3, 0.4) is 0 Å². The van der Waals surface area contributed by atoms with E-state index in [-0.39, 0.29) is 11.8 Å². The fourth-order valence-corrected chi connectivity index (χ4v) is 2.14. The predicted octanol–water partition coefficient (Wildman–Crippen LogP) is 1.97. The van der Waals surface area contributed by atoms with Crippen LogP contribution in [0.4, 0.5) is 0 Å². The van der Waals surface area contributed by atoms with Gasteiger partial charge in [-0.05, 0) is 17.4 Å². The molecular formula is C14H20N2OS. The van der Waals surface area contributed by atoms with Gasteiger partial charge in [-0.15, -0.1) is 11.3 Å². The summed E-state index contributed by atoms with van der Waals surface area (Å²) in [5.74, 6) is 6.32. The molecule has 98 valence electrons. The van der Waals surface area contributed by atoms with Gasteiger partial charge in [0.25, 0.3) is 0 Å². The largest absolute Gasteiger partial charge is 0.351 e. The molecule has 4 heteroatoms. The number of hydrogen-bond donors (Lipinski definition) is 2. The van der Waals surface area contributed by atoms with Crippen LogP contribution < -0.4 is 11.1 Å². The van der Waals surface area contributed by atoms with Crippen molar-refractivity contribution in [3.8, 4) is 11.8 Å². The smallest absolute Gasteiger partial charge is 0.223 e. The van der Waals surface area contributed by atoms with Gasteiger partial charge < -0.3 is 11.1 Å². The molecule has 18 heavy (non-hydrogen) atoms. The maximum Gasteiger partial charge on any atom is 0.223 e. The van der Waals surface area contributed by atoms with Crippen molar-refractivity contribution in [2.45, 2.75) is 27.3 Å². The van der Waals surface area contributed by atoms with Crippen LogP contribution in [0.15, 0.2) is 11.4 Å². The molecule has 3 nitrogen and oxygen atoms in total. The summed E-state index contributed by atoms with van der Waals surface area (Å²) in [6, 6.07) is 1.96. The van der Waals surface area contributed by atoms with Crippen molar-refractivity contribution in [1.29, 1.82) is 0 Å². The number of carbonyl (C=O) groups excluding carboxylic acids is 1. The SMILES string of the molecule is CC(C)C(C)C(=O)NCc1sccc1C#CCN. The van der Waals surface area contributed by atoms with E-state index < -0.39 is 0 Å². The van der Waals surface area contributed by atoms with Crippen molar-refractivity contribution in [2.24, 2.45) is 17.6 Å². The Kier molecular flexibility index (Phi) is 5.90. The average molecular weight is 264 g/mol. The molecule has 1 amide bonds. The lowest BCUT2D eigenvalue weighted by Crippen LogP contribution is -2.31. The van der Waals surface area contributed by atoms with Crippen LogP contribution in [0.2, 0.25) is 0 Å². The Balaban J connectivity index is 2.59. The first-order chi connectivity index (χ1) is 8.56. The van der Waals surface area contributed by atoms with Crippen molar-refractivity contribution in [3.05, 3.63) is 21.9 Å². The molecule has 0 aliphatic carbocycles. The van der Waals surface area contributed by atoms with Crippen molar-refractivity contribution < 1.29 is 4.79 Å². The van der Waals surface area contributed by atoms with Gasteiger partial charge in [-0.2, -0.15) is 0 Å². The second kappa shape index (κ2) is 7.20. The molecule has 0 aliphatic rings. The standard InChI is InChI=1S/C14H20N2OS/c1-10(2)11(3)14(17)16-9-13-12(5-4-7-15)6-8-18-13/h6,8,10-11H,7,9,15H2,1-3H3,(H,16,17). The minimum atomic E-state index is 0.0311. The third-order valence-corrected chi connectivity index (χ3v) is 3.83. The molecule has 0 aliphatic heterocycles. The summed E-state index contributed by atoms with van der Waals surface area (Å²) < 4.78 is 0. The summed E-state index contributed by atoms with van der Waals surface area (Å²) in [4.78, 5) is 12.9. The first-order valence-corrected chi connectivity index (χ1v) is 6.97. The zero-order chi connectivity index (χ0) is 13.5. The van der Waals surface area contributed by atoms with Gasteiger partial charge in [0.1, 0.15) is 0 Å². The molecule has 3 N–H and O–H groups in total. The van der Waals surface area contributed by atoms with Crippen LogP contribution in [-0.2, 0) is 11.3 Å². The Morgan fingerprint density at radius 3 is 2.83 bits per heavy atom. The lowest BCUT2D eigenvalue weighted by atomic mass is 9.97. The van der Waals surface area contributed by atoms with E-state index in [2.05, 4.69) is 17.2 Å². The molecule has 1 aromatic heterocycles. The van der Waals surface area contributed by atoms with Crippen LogP contribution in [0.25, 0.3) is 0 Å². The maximum absolute atomic E-state index is 11.8. The van der Waals surface area contributed by atoms with Crippen LogP contribution in [0.1, 0.15) is 31.2 Å². The number of hydrogen-bond acceptors (Lipinski definition) is 3. The monoisotopic (exact) mass is 264 g/mol. The van der Waals surface area contributed by atoms with E-state index in [1.807, 2.05) is 32.2 Å². The Hall–Kier alpha value is -1.31. The Labute approximate surface area is 113 Å². The Morgan fingerprint density at radius 2 is 2.22 bits per heavy atom. The van der Waals surface area contributed by atoms with Gasteiger partial charge in [-0.1, -0.05) is 32.6 Å². The molecule has 1 heterocycles. The average Bonchev–Trinajstić information content (AvgIpc) is 2.79.